The number of hydrogen-bond donors (Lipinski definition) is 3. The smallest absolute Gasteiger partial charge is 0.244 e. The number of carbonyl (C=O) groups excluding carboxylic acids is 1. The van der Waals surface area contributed by atoms with Crippen molar-refractivity contribution in [2.75, 3.05) is 13.7 Å². The van der Waals surface area contributed by atoms with Crippen LogP contribution in [-0.4, -0.2) is 34.6 Å². The number of methoxy groups -OCH3 is 1. The maximum atomic E-state index is 11.6. The van der Waals surface area contributed by atoms with Gasteiger partial charge in [0.1, 0.15) is 0 Å². The van der Waals surface area contributed by atoms with Crippen molar-refractivity contribution in [2.45, 2.75) is 6.42 Å². The molecule has 0 bridgehead atoms. The Kier molecular flexibility index (Phi) is 4.98. The summed E-state index contributed by atoms with van der Waals surface area (Å²) in [7, 11) is 1.48. The quantitative estimate of drug-likeness (QED) is 0.703. The van der Waals surface area contributed by atoms with Crippen molar-refractivity contribution in [3.05, 3.63) is 48.1 Å². The number of H-pyrrole nitrogens is 1. The maximum Gasteiger partial charge on any atom is 0.244 e. The Morgan fingerprint density at radius 1 is 1.52 bits per heavy atom. The molecule has 3 N–H and O–H groups in total. The van der Waals surface area contributed by atoms with E-state index in [-0.39, 0.29) is 11.7 Å². The molecule has 0 saturated heterocycles. The number of amides is 1. The van der Waals surface area contributed by atoms with E-state index in [0.29, 0.717) is 18.7 Å². The van der Waals surface area contributed by atoms with E-state index in [1.54, 1.807) is 30.7 Å². The lowest BCUT2D eigenvalue weighted by atomic mass is 10.2. The molecular weight excluding hydrogens is 270 g/mol. The van der Waals surface area contributed by atoms with Gasteiger partial charge in [-0.2, -0.15) is 0 Å². The molecule has 2 rings (SSSR count). The van der Waals surface area contributed by atoms with Gasteiger partial charge in [0.25, 0.3) is 0 Å². The van der Waals surface area contributed by atoms with E-state index in [0.717, 1.165) is 11.3 Å². The summed E-state index contributed by atoms with van der Waals surface area (Å²) in [4.78, 5) is 18.5. The molecule has 1 heterocycles. The number of benzene rings is 1. The lowest BCUT2D eigenvalue weighted by Crippen LogP contribution is -2.23. The van der Waals surface area contributed by atoms with Crippen LogP contribution in [0.2, 0.25) is 0 Å². The number of rotatable bonds is 6. The summed E-state index contributed by atoms with van der Waals surface area (Å²) in [5, 5.41) is 12.4. The molecule has 2 aromatic rings. The van der Waals surface area contributed by atoms with Gasteiger partial charge in [-0.05, 0) is 23.8 Å². The van der Waals surface area contributed by atoms with Crippen molar-refractivity contribution >= 4 is 12.0 Å². The molecule has 0 spiro atoms. The number of nitrogens with zero attached hydrogens (tertiary/aromatic N) is 1. The van der Waals surface area contributed by atoms with E-state index in [1.165, 1.54) is 19.3 Å². The molecule has 0 saturated carbocycles. The largest absolute Gasteiger partial charge is 0.504 e. The summed E-state index contributed by atoms with van der Waals surface area (Å²) in [6, 6.07) is 4.94. The van der Waals surface area contributed by atoms with E-state index >= 15 is 0 Å². The lowest BCUT2D eigenvalue weighted by molar-refractivity contribution is -0.116. The van der Waals surface area contributed by atoms with Crippen LogP contribution in [0.15, 0.2) is 36.8 Å². The van der Waals surface area contributed by atoms with Gasteiger partial charge in [-0.3, -0.25) is 4.79 Å². The average molecular weight is 287 g/mol. The number of phenols is 1. The zero-order valence-electron chi connectivity index (χ0n) is 11.7. The number of phenolic OH excluding ortho intramolecular Hbond substituents is 1. The molecule has 0 radical (unpaired) electrons. The predicted molar refractivity (Wildman–Crippen MR) is 79.0 cm³/mol. The zero-order valence-corrected chi connectivity index (χ0v) is 11.7. The second kappa shape index (κ2) is 7.14. The highest BCUT2D eigenvalue weighted by atomic mass is 16.5. The number of aromatic nitrogens is 2. The van der Waals surface area contributed by atoms with Crippen molar-refractivity contribution < 1.29 is 14.6 Å². The summed E-state index contributed by atoms with van der Waals surface area (Å²) in [5.41, 5.74) is 1.69. The average Bonchev–Trinajstić information content (AvgIpc) is 2.98. The van der Waals surface area contributed by atoms with Gasteiger partial charge >= 0.3 is 0 Å². The Balaban J connectivity index is 1.82. The molecule has 0 fully saturated rings. The van der Waals surface area contributed by atoms with E-state index in [2.05, 4.69) is 15.3 Å². The van der Waals surface area contributed by atoms with Crippen molar-refractivity contribution in [2.24, 2.45) is 0 Å². The molecule has 0 aliphatic rings. The van der Waals surface area contributed by atoms with Gasteiger partial charge < -0.3 is 20.1 Å². The number of nitrogens with one attached hydrogen (secondary N) is 2. The van der Waals surface area contributed by atoms with Crippen LogP contribution >= 0.6 is 0 Å². The van der Waals surface area contributed by atoms with Crippen molar-refractivity contribution in [3.63, 3.8) is 0 Å². The minimum Gasteiger partial charge on any atom is -0.504 e. The fourth-order valence-electron chi connectivity index (χ4n) is 1.78. The van der Waals surface area contributed by atoms with E-state index < -0.39 is 0 Å². The third-order valence-electron chi connectivity index (χ3n) is 2.88. The first-order valence-corrected chi connectivity index (χ1v) is 6.49. The van der Waals surface area contributed by atoms with Crippen LogP contribution in [0.25, 0.3) is 6.08 Å². The van der Waals surface area contributed by atoms with Gasteiger partial charge in [0.15, 0.2) is 11.5 Å². The van der Waals surface area contributed by atoms with Crippen LogP contribution in [0.1, 0.15) is 11.3 Å². The summed E-state index contributed by atoms with van der Waals surface area (Å²) < 4.78 is 4.95. The highest BCUT2D eigenvalue weighted by Crippen LogP contribution is 2.26. The number of ether oxygens (including phenoxy) is 1. The molecule has 0 unspecified atom stereocenters. The summed E-state index contributed by atoms with van der Waals surface area (Å²) in [6.45, 7) is 0.527. The van der Waals surface area contributed by atoms with Gasteiger partial charge in [-0.25, -0.2) is 4.98 Å². The van der Waals surface area contributed by atoms with E-state index in [4.69, 9.17) is 4.74 Å². The van der Waals surface area contributed by atoms with Gasteiger partial charge in [0.2, 0.25) is 5.91 Å². The summed E-state index contributed by atoms with van der Waals surface area (Å²) in [5.74, 6) is 0.250. The Hall–Kier alpha value is -2.76. The van der Waals surface area contributed by atoms with Crippen LogP contribution < -0.4 is 10.1 Å². The van der Waals surface area contributed by atoms with E-state index in [9.17, 15) is 9.90 Å². The van der Waals surface area contributed by atoms with Crippen molar-refractivity contribution in [3.8, 4) is 11.5 Å². The lowest BCUT2D eigenvalue weighted by Gasteiger charge is -2.03. The molecule has 0 aliphatic carbocycles. The molecule has 1 aromatic heterocycles. The first kappa shape index (κ1) is 14.6. The van der Waals surface area contributed by atoms with Gasteiger partial charge in [-0.15, -0.1) is 0 Å². The number of carbonyl (C=O) groups is 1. The molecular formula is C15H17N3O3. The maximum absolute atomic E-state index is 11.6. The number of aromatic hydroxyl groups is 1. The third-order valence-corrected chi connectivity index (χ3v) is 2.88. The molecule has 0 atom stereocenters. The first-order chi connectivity index (χ1) is 10.2. The highest BCUT2D eigenvalue weighted by molar-refractivity contribution is 5.91. The molecule has 1 amide bonds. The SMILES string of the molecule is COc1ccc(C=CC(=O)NCCc2cnc[nH]2)cc1O. The minimum absolute atomic E-state index is 0.0410. The van der Waals surface area contributed by atoms with Crippen LogP contribution in [0.3, 0.4) is 0 Å². The van der Waals surface area contributed by atoms with Crippen LogP contribution in [-0.2, 0) is 11.2 Å². The zero-order chi connectivity index (χ0) is 15.1. The predicted octanol–water partition coefficient (Wildman–Crippen LogP) is 1.50. The Bertz CT molecular complexity index is 621. The number of aromatic amines is 1. The Morgan fingerprint density at radius 3 is 3.05 bits per heavy atom. The molecule has 6 heteroatoms. The summed E-state index contributed by atoms with van der Waals surface area (Å²) >= 11 is 0. The Morgan fingerprint density at radius 2 is 2.38 bits per heavy atom. The highest BCUT2D eigenvalue weighted by Gasteiger charge is 2.01. The van der Waals surface area contributed by atoms with Crippen molar-refractivity contribution in [1.82, 2.24) is 15.3 Å². The normalized spacial score (nSPS) is 10.7. The number of imidazole rings is 1. The molecule has 21 heavy (non-hydrogen) atoms. The van der Waals surface area contributed by atoms with E-state index in [1.807, 2.05) is 0 Å². The molecule has 110 valence electrons. The fourth-order valence-corrected chi connectivity index (χ4v) is 1.78. The topological polar surface area (TPSA) is 87.2 Å². The van der Waals surface area contributed by atoms with Crippen LogP contribution in [0.5, 0.6) is 11.5 Å². The number of hydrogen-bond acceptors (Lipinski definition) is 4. The van der Waals surface area contributed by atoms with Crippen molar-refractivity contribution in [1.29, 1.82) is 0 Å². The van der Waals surface area contributed by atoms with Crippen LogP contribution in [0, 0.1) is 0 Å². The van der Waals surface area contributed by atoms with Gasteiger partial charge in [0.05, 0.1) is 13.4 Å². The monoisotopic (exact) mass is 287 g/mol. The fraction of sp³-hybridized carbons (Fsp3) is 0.200. The molecule has 1 aromatic carbocycles. The van der Waals surface area contributed by atoms with Gasteiger partial charge in [-0.1, -0.05) is 6.07 Å². The molecule has 6 nitrogen and oxygen atoms in total. The summed E-state index contributed by atoms with van der Waals surface area (Å²) in [6.07, 6.45) is 7.08. The van der Waals surface area contributed by atoms with Crippen LogP contribution in [0.4, 0.5) is 0 Å². The second-order valence-electron chi connectivity index (χ2n) is 4.38. The standard InChI is InChI=1S/C15H17N3O3/c1-21-14-4-2-11(8-13(14)19)3-5-15(20)17-7-6-12-9-16-10-18-12/h2-5,8-10,19H,6-7H2,1H3,(H,16,18)(H,17,20). The van der Waals surface area contributed by atoms with Gasteiger partial charge in [0, 0.05) is 30.9 Å². The first-order valence-electron chi connectivity index (χ1n) is 6.49. The molecule has 0 aliphatic heterocycles. The third kappa shape index (κ3) is 4.38. The Labute approximate surface area is 122 Å². The second-order valence-corrected chi connectivity index (χ2v) is 4.38. The minimum atomic E-state index is -0.190.